The summed E-state index contributed by atoms with van der Waals surface area (Å²) in [4.78, 5) is 38.5. The first-order chi connectivity index (χ1) is 18.4. The second kappa shape index (κ2) is 9.90. The molecule has 9 nitrogen and oxygen atoms in total. The van der Waals surface area contributed by atoms with E-state index in [1.54, 1.807) is 24.4 Å². The van der Waals surface area contributed by atoms with Gasteiger partial charge in [0.15, 0.2) is 0 Å². The highest BCUT2D eigenvalue weighted by atomic mass is 16.1. The molecular weight excluding hydrogens is 478 g/mol. The first-order valence-corrected chi connectivity index (χ1v) is 13.1. The van der Waals surface area contributed by atoms with Crippen molar-refractivity contribution in [3.8, 4) is 0 Å². The third-order valence-corrected chi connectivity index (χ3v) is 7.62. The van der Waals surface area contributed by atoms with Crippen molar-refractivity contribution in [2.24, 2.45) is 5.73 Å². The summed E-state index contributed by atoms with van der Waals surface area (Å²) in [5, 5.41) is 7.75. The van der Waals surface area contributed by atoms with Gasteiger partial charge in [-0.25, -0.2) is 9.97 Å². The van der Waals surface area contributed by atoms with Crippen LogP contribution in [0.15, 0.2) is 59.7 Å². The van der Waals surface area contributed by atoms with Crippen molar-refractivity contribution < 1.29 is 4.79 Å². The van der Waals surface area contributed by atoms with Gasteiger partial charge in [0.05, 0.1) is 10.9 Å². The molecule has 4 heterocycles. The number of benzene rings is 1. The summed E-state index contributed by atoms with van der Waals surface area (Å²) in [5.41, 5.74) is 8.94. The Morgan fingerprint density at radius 3 is 2.53 bits per heavy atom. The lowest BCUT2D eigenvalue weighted by molar-refractivity contribution is 0.1000. The average Bonchev–Trinajstić information content (AvgIpc) is 3.75. The zero-order valence-corrected chi connectivity index (χ0v) is 21.3. The topological polar surface area (TPSA) is 129 Å². The Kier molecular flexibility index (Phi) is 6.29. The third-order valence-electron chi connectivity index (χ3n) is 7.62. The molecule has 1 saturated carbocycles. The van der Waals surface area contributed by atoms with Crippen LogP contribution in [0.25, 0.3) is 10.8 Å². The van der Waals surface area contributed by atoms with Crippen molar-refractivity contribution >= 4 is 39.8 Å². The van der Waals surface area contributed by atoms with Crippen molar-refractivity contribution in [3.05, 3.63) is 81.9 Å². The number of pyridine rings is 3. The summed E-state index contributed by atoms with van der Waals surface area (Å²) in [6.07, 6.45) is 8.16. The van der Waals surface area contributed by atoms with Crippen LogP contribution in [0.2, 0.25) is 0 Å². The van der Waals surface area contributed by atoms with Crippen LogP contribution in [0.3, 0.4) is 0 Å². The predicted molar refractivity (Wildman–Crippen MR) is 149 cm³/mol. The second-order valence-corrected chi connectivity index (χ2v) is 10.3. The molecule has 4 aromatic rings. The van der Waals surface area contributed by atoms with Crippen LogP contribution in [0.4, 0.5) is 23.1 Å². The van der Waals surface area contributed by atoms with Crippen molar-refractivity contribution in [1.82, 2.24) is 19.9 Å². The fourth-order valence-electron chi connectivity index (χ4n) is 5.48. The van der Waals surface area contributed by atoms with Crippen LogP contribution < -0.4 is 21.9 Å². The number of hydrogen-bond acceptors (Lipinski definition) is 7. The Balaban J connectivity index is 1.26. The third kappa shape index (κ3) is 4.97. The van der Waals surface area contributed by atoms with Gasteiger partial charge in [0.25, 0.3) is 5.56 Å². The quantitative estimate of drug-likeness (QED) is 0.288. The maximum Gasteiger partial charge on any atom is 0.259 e. The number of piperidine rings is 1. The number of nitrogens with one attached hydrogen (secondary N) is 3. The van der Waals surface area contributed by atoms with E-state index in [0.29, 0.717) is 34.3 Å². The molecule has 0 unspecified atom stereocenters. The molecule has 0 spiro atoms. The molecule has 1 aromatic carbocycles. The number of nitrogens with zero attached hydrogens (tertiary/aromatic N) is 3. The Morgan fingerprint density at radius 2 is 1.84 bits per heavy atom. The zero-order valence-electron chi connectivity index (χ0n) is 21.3. The van der Waals surface area contributed by atoms with Crippen LogP contribution in [0.5, 0.6) is 0 Å². The summed E-state index contributed by atoms with van der Waals surface area (Å²) < 4.78 is 0. The fourth-order valence-corrected chi connectivity index (χ4v) is 5.48. The molecule has 6 rings (SSSR count). The monoisotopic (exact) mass is 509 g/mol. The number of aromatic amines is 1. The molecule has 38 heavy (non-hydrogen) atoms. The zero-order chi connectivity index (χ0) is 26.2. The van der Waals surface area contributed by atoms with E-state index in [1.165, 1.54) is 56.1 Å². The molecule has 2 aliphatic rings. The molecule has 3 aromatic heterocycles. The highest BCUT2D eigenvalue weighted by Gasteiger charge is 2.32. The molecule has 1 aliphatic heterocycles. The van der Waals surface area contributed by atoms with Gasteiger partial charge in [-0.1, -0.05) is 6.07 Å². The molecule has 0 bridgehead atoms. The van der Waals surface area contributed by atoms with Gasteiger partial charge in [-0.15, -0.1) is 0 Å². The van der Waals surface area contributed by atoms with E-state index in [0.717, 1.165) is 17.1 Å². The number of aryl methyl sites for hydroxylation is 1. The lowest BCUT2D eigenvalue weighted by atomic mass is 9.86. The Bertz CT molecular complexity index is 1550. The van der Waals surface area contributed by atoms with Gasteiger partial charge in [-0.2, -0.15) is 0 Å². The molecular formula is C29H31N7O2. The Hall–Kier alpha value is -4.24. The number of aromatic nitrogens is 3. The summed E-state index contributed by atoms with van der Waals surface area (Å²) in [6, 6.07) is 14.2. The number of likely N-dealkylation sites (tertiary alicyclic amines) is 1. The number of rotatable bonds is 7. The molecule has 194 valence electrons. The predicted octanol–water partition coefficient (Wildman–Crippen LogP) is 4.55. The summed E-state index contributed by atoms with van der Waals surface area (Å²) in [6.45, 7) is 4.53. The molecule has 1 amide bonds. The Morgan fingerprint density at radius 1 is 1.03 bits per heavy atom. The first-order valence-electron chi connectivity index (χ1n) is 13.1. The van der Waals surface area contributed by atoms with E-state index in [9.17, 15) is 9.59 Å². The van der Waals surface area contributed by atoms with E-state index in [-0.39, 0.29) is 5.56 Å². The first kappa shape index (κ1) is 24.1. The van der Waals surface area contributed by atoms with Crippen molar-refractivity contribution in [1.29, 1.82) is 0 Å². The molecule has 0 atom stereocenters. The van der Waals surface area contributed by atoms with E-state index in [1.807, 2.05) is 6.07 Å². The number of anilines is 4. The minimum Gasteiger partial charge on any atom is -0.366 e. The van der Waals surface area contributed by atoms with Crippen LogP contribution in [0, 0.1) is 6.92 Å². The standard InChI is InChI=1S/C29H31N7O2/c1-17-14-21(3-6-23(17)18-9-12-36(13-10-18)22-4-5-22)33-28-26-19(8-11-31-29(26)38)15-25(35-28)34-24-7-2-20(16-32-24)27(30)37/h2-3,6-8,11,14-16,18,22H,4-5,9-10,12-13H2,1H3,(H2,30,37)(H,31,38)(H2,32,33,34,35). The van der Waals surface area contributed by atoms with E-state index < -0.39 is 5.91 Å². The second-order valence-electron chi connectivity index (χ2n) is 10.3. The molecule has 1 aliphatic carbocycles. The van der Waals surface area contributed by atoms with Gasteiger partial charge in [-0.05, 0) is 105 Å². The number of fused-ring (bicyclic) bond motifs is 1. The largest absolute Gasteiger partial charge is 0.366 e. The average molecular weight is 510 g/mol. The molecule has 0 radical (unpaired) electrons. The van der Waals surface area contributed by atoms with Gasteiger partial charge >= 0.3 is 0 Å². The number of amides is 1. The normalized spacial score (nSPS) is 16.4. The maximum absolute atomic E-state index is 12.8. The summed E-state index contributed by atoms with van der Waals surface area (Å²) in [5.74, 6) is 1.52. The highest BCUT2D eigenvalue weighted by Crippen LogP contribution is 2.36. The minimum absolute atomic E-state index is 0.219. The Labute approximate surface area is 220 Å². The van der Waals surface area contributed by atoms with Crippen LogP contribution in [-0.4, -0.2) is 44.9 Å². The lowest BCUT2D eigenvalue weighted by Gasteiger charge is -2.33. The fraction of sp³-hybridized carbons (Fsp3) is 0.310. The number of nitrogens with two attached hydrogens (primary N) is 1. The van der Waals surface area contributed by atoms with Crippen LogP contribution in [-0.2, 0) is 0 Å². The maximum atomic E-state index is 12.8. The molecule has 1 saturated heterocycles. The van der Waals surface area contributed by atoms with Gasteiger partial charge in [0.2, 0.25) is 5.91 Å². The number of hydrogen-bond donors (Lipinski definition) is 4. The molecule has 5 N–H and O–H groups in total. The number of carbonyl (C=O) groups excluding carboxylic acids is 1. The lowest BCUT2D eigenvalue weighted by Crippen LogP contribution is -2.34. The summed E-state index contributed by atoms with van der Waals surface area (Å²) in [7, 11) is 0. The van der Waals surface area contributed by atoms with Gasteiger partial charge in [0, 0.05) is 24.1 Å². The van der Waals surface area contributed by atoms with Crippen molar-refractivity contribution in [3.63, 3.8) is 0 Å². The van der Waals surface area contributed by atoms with Crippen molar-refractivity contribution in [2.45, 2.75) is 44.6 Å². The summed E-state index contributed by atoms with van der Waals surface area (Å²) >= 11 is 0. The van der Waals surface area contributed by atoms with Gasteiger partial charge in [0.1, 0.15) is 17.5 Å². The highest BCUT2D eigenvalue weighted by molar-refractivity contribution is 5.95. The van der Waals surface area contributed by atoms with E-state index in [2.05, 4.69) is 50.6 Å². The van der Waals surface area contributed by atoms with Crippen LogP contribution in [0.1, 0.15) is 53.1 Å². The van der Waals surface area contributed by atoms with Crippen molar-refractivity contribution in [2.75, 3.05) is 23.7 Å². The molecule has 9 heteroatoms. The smallest absolute Gasteiger partial charge is 0.259 e. The van der Waals surface area contributed by atoms with Crippen LogP contribution >= 0.6 is 0 Å². The van der Waals surface area contributed by atoms with E-state index >= 15 is 0 Å². The van der Waals surface area contributed by atoms with Gasteiger partial charge < -0.3 is 26.3 Å². The number of primary amides is 1. The van der Waals surface area contributed by atoms with Gasteiger partial charge in [-0.3, -0.25) is 9.59 Å². The number of H-pyrrole nitrogens is 1. The SMILES string of the molecule is Cc1cc(Nc2nc(Nc3ccc(C(N)=O)cn3)cc3cc[nH]c(=O)c23)ccc1C1CCN(C2CC2)CC1. The number of carbonyl (C=O) groups is 1. The molecule has 2 fully saturated rings. The minimum atomic E-state index is -0.538. The van der Waals surface area contributed by atoms with E-state index in [4.69, 9.17) is 10.7 Å².